The van der Waals surface area contributed by atoms with E-state index >= 15 is 0 Å². The van der Waals surface area contributed by atoms with Crippen LogP contribution in [-0.4, -0.2) is 0 Å². The van der Waals surface area contributed by atoms with Crippen LogP contribution in [0.3, 0.4) is 0 Å². The first-order valence-electron chi connectivity index (χ1n) is 5.51. The minimum absolute atomic E-state index is 0.0137. The molecule has 0 aromatic carbocycles. The van der Waals surface area contributed by atoms with Gasteiger partial charge in [-0.15, -0.1) is 0 Å². The fourth-order valence-electron chi connectivity index (χ4n) is 2.52. The van der Waals surface area contributed by atoms with Gasteiger partial charge < -0.3 is 0 Å². The monoisotopic (exact) mass is 232 g/mol. The fraction of sp³-hybridized carbons (Fsp3) is 0.286. The maximum absolute atomic E-state index is 8.90. The van der Waals surface area contributed by atoms with Crippen molar-refractivity contribution in [3.63, 3.8) is 0 Å². The zero-order chi connectivity index (χ0) is 13.1. The smallest absolute Gasteiger partial charge is 0.129 e. The predicted octanol–water partition coefficient (Wildman–Crippen LogP) is 2.27. The van der Waals surface area contributed by atoms with Crippen molar-refractivity contribution in [1.29, 1.82) is 21.0 Å². The van der Waals surface area contributed by atoms with E-state index in [4.69, 9.17) is 21.0 Å². The summed E-state index contributed by atoms with van der Waals surface area (Å²) in [6.45, 7) is 0. The van der Waals surface area contributed by atoms with Crippen LogP contribution in [0, 0.1) is 57.2 Å². The molecule has 0 aromatic heterocycles. The Bertz CT molecular complexity index is 560. The average molecular weight is 232 g/mol. The Kier molecular flexibility index (Phi) is 2.97. The van der Waals surface area contributed by atoms with Gasteiger partial charge in [0, 0.05) is 11.8 Å². The first-order valence-corrected chi connectivity index (χ1v) is 5.51. The van der Waals surface area contributed by atoms with E-state index in [9.17, 15) is 0 Å². The molecule has 18 heavy (non-hydrogen) atoms. The topological polar surface area (TPSA) is 95.2 Å². The third-order valence-corrected chi connectivity index (χ3v) is 3.47. The summed E-state index contributed by atoms with van der Waals surface area (Å²) in [6, 6.07) is 7.67. The molecule has 84 valence electrons. The van der Waals surface area contributed by atoms with Crippen molar-refractivity contribution in [1.82, 2.24) is 0 Å². The second-order valence-electron chi connectivity index (χ2n) is 4.18. The van der Waals surface area contributed by atoms with Crippen molar-refractivity contribution in [2.24, 2.45) is 11.8 Å². The van der Waals surface area contributed by atoms with Gasteiger partial charge in [0.2, 0.25) is 0 Å². The SMILES string of the molecule is N#CC(C#N)=C1CCC(=C(C#N)C#N)C2C=CC12. The van der Waals surface area contributed by atoms with Gasteiger partial charge in [0.25, 0.3) is 0 Å². The Balaban J connectivity index is 2.45. The summed E-state index contributed by atoms with van der Waals surface area (Å²) in [6.07, 6.45) is 5.01. The molecule has 4 heteroatoms. The van der Waals surface area contributed by atoms with Crippen LogP contribution < -0.4 is 0 Å². The molecule has 0 heterocycles. The zero-order valence-electron chi connectivity index (χ0n) is 9.51. The lowest BCUT2D eigenvalue weighted by Crippen LogP contribution is -2.28. The first-order chi connectivity index (χ1) is 8.76. The third-order valence-electron chi connectivity index (χ3n) is 3.47. The molecule has 0 aromatic rings. The van der Waals surface area contributed by atoms with Crippen molar-refractivity contribution in [2.45, 2.75) is 12.8 Å². The summed E-state index contributed by atoms with van der Waals surface area (Å²) in [5, 5.41) is 35.6. The van der Waals surface area contributed by atoms with Crippen LogP contribution in [0.15, 0.2) is 34.4 Å². The van der Waals surface area contributed by atoms with Crippen molar-refractivity contribution >= 4 is 0 Å². The second kappa shape index (κ2) is 4.58. The van der Waals surface area contributed by atoms with Gasteiger partial charge in [-0.25, -0.2) is 0 Å². The lowest BCUT2D eigenvalue weighted by molar-refractivity contribution is 0.471. The van der Waals surface area contributed by atoms with Crippen molar-refractivity contribution < 1.29 is 0 Å². The molecule has 0 amide bonds. The number of allylic oxidation sites excluding steroid dienone is 6. The molecular formula is C14H8N4. The summed E-state index contributed by atoms with van der Waals surface area (Å²) < 4.78 is 0. The second-order valence-corrected chi connectivity index (χ2v) is 4.18. The van der Waals surface area contributed by atoms with Gasteiger partial charge in [0.15, 0.2) is 0 Å². The molecule has 1 fully saturated rings. The number of fused-ring (bicyclic) bond motifs is 1. The highest BCUT2D eigenvalue weighted by atomic mass is 14.4. The van der Waals surface area contributed by atoms with Gasteiger partial charge in [-0.05, 0) is 24.0 Å². The van der Waals surface area contributed by atoms with Gasteiger partial charge in [-0.3, -0.25) is 0 Å². The normalized spacial score (nSPS) is 23.6. The number of rotatable bonds is 0. The molecule has 0 N–H and O–H groups in total. The quantitative estimate of drug-likeness (QED) is 0.472. The third kappa shape index (κ3) is 1.58. The number of hydrogen-bond donors (Lipinski definition) is 0. The molecule has 1 saturated carbocycles. The van der Waals surface area contributed by atoms with Crippen LogP contribution in [0.1, 0.15) is 12.8 Å². The summed E-state index contributed by atoms with van der Waals surface area (Å²) in [5.41, 5.74) is 2.02. The van der Waals surface area contributed by atoms with E-state index in [1.807, 2.05) is 36.4 Å². The minimum atomic E-state index is 0.0137. The Morgan fingerprint density at radius 1 is 0.778 bits per heavy atom. The lowest BCUT2D eigenvalue weighted by Gasteiger charge is -2.38. The van der Waals surface area contributed by atoms with Gasteiger partial charge in [-0.1, -0.05) is 12.2 Å². The highest BCUT2D eigenvalue weighted by molar-refractivity contribution is 5.52. The van der Waals surface area contributed by atoms with Crippen LogP contribution in [0.4, 0.5) is 0 Å². The molecule has 0 radical (unpaired) electrons. The van der Waals surface area contributed by atoms with Crippen LogP contribution in [-0.2, 0) is 0 Å². The van der Waals surface area contributed by atoms with Gasteiger partial charge in [0.1, 0.15) is 35.4 Å². The lowest BCUT2D eigenvalue weighted by atomic mass is 9.64. The van der Waals surface area contributed by atoms with E-state index in [0.717, 1.165) is 11.1 Å². The summed E-state index contributed by atoms with van der Waals surface area (Å²) in [7, 11) is 0. The molecule has 2 aliphatic rings. The molecule has 0 saturated heterocycles. The Labute approximate surface area is 105 Å². The Morgan fingerprint density at radius 3 is 1.33 bits per heavy atom. The van der Waals surface area contributed by atoms with E-state index in [-0.39, 0.29) is 23.0 Å². The largest absolute Gasteiger partial charge is 0.192 e. The number of hydrogen-bond acceptors (Lipinski definition) is 4. The van der Waals surface area contributed by atoms with Gasteiger partial charge >= 0.3 is 0 Å². The molecule has 2 atom stereocenters. The zero-order valence-corrected chi connectivity index (χ0v) is 9.51. The van der Waals surface area contributed by atoms with Crippen LogP contribution in [0.5, 0.6) is 0 Å². The average Bonchev–Trinajstić information content (AvgIpc) is 2.35. The van der Waals surface area contributed by atoms with Crippen LogP contribution in [0.2, 0.25) is 0 Å². The minimum Gasteiger partial charge on any atom is -0.192 e. The molecule has 0 bridgehead atoms. The molecular weight excluding hydrogens is 224 g/mol. The van der Waals surface area contributed by atoms with Gasteiger partial charge in [-0.2, -0.15) is 21.0 Å². The standard InChI is InChI=1S/C14H8N4/c15-5-9(6-16)11-1-2-12(10(7-17)8-18)14-4-3-13(11)14/h3-4,13-14H,1-2H2. The molecule has 4 nitrogen and oxygen atoms in total. The van der Waals surface area contributed by atoms with Crippen LogP contribution in [0.25, 0.3) is 0 Å². The predicted molar refractivity (Wildman–Crippen MR) is 61.9 cm³/mol. The highest BCUT2D eigenvalue weighted by Crippen LogP contribution is 2.47. The van der Waals surface area contributed by atoms with E-state index in [2.05, 4.69) is 0 Å². The number of nitrogens with zero attached hydrogens (tertiary/aromatic N) is 4. The van der Waals surface area contributed by atoms with Crippen molar-refractivity contribution in [2.75, 3.05) is 0 Å². The van der Waals surface area contributed by atoms with E-state index < -0.39 is 0 Å². The van der Waals surface area contributed by atoms with Gasteiger partial charge in [0.05, 0.1) is 0 Å². The summed E-state index contributed by atoms with van der Waals surface area (Å²) in [5.74, 6) is 0.0273. The Morgan fingerprint density at radius 2 is 1.11 bits per heavy atom. The van der Waals surface area contributed by atoms with E-state index in [1.165, 1.54) is 0 Å². The Hall–Kier alpha value is -2.82. The molecule has 2 unspecified atom stereocenters. The summed E-state index contributed by atoms with van der Waals surface area (Å²) >= 11 is 0. The van der Waals surface area contributed by atoms with Crippen LogP contribution >= 0.6 is 0 Å². The maximum Gasteiger partial charge on any atom is 0.129 e. The molecule has 2 aliphatic carbocycles. The number of nitriles is 4. The van der Waals surface area contributed by atoms with E-state index in [1.54, 1.807) is 0 Å². The maximum atomic E-state index is 8.90. The molecule has 2 rings (SSSR count). The van der Waals surface area contributed by atoms with E-state index in [0.29, 0.717) is 12.8 Å². The summed E-state index contributed by atoms with van der Waals surface area (Å²) in [4.78, 5) is 0. The van der Waals surface area contributed by atoms with Crippen molar-refractivity contribution in [3.05, 3.63) is 34.4 Å². The molecule has 0 aliphatic heterocycles. The van der Waals surface area contributed by atoms with Crippen molar-refractivity contribution in [3.8, 4) is 24.3 Å². The fourth-order valence-corrected chi connectivity index (χ4v) is 2.52. The molecule has 0 spiro atoms. The first kappa shape index (κ1) is 11.7. The highest BCUT2D eigenvalue weighted by Gasteiger charge is 2.37.